The lowest BCUT2D eigenvalue weighted by atomic mass is 10.0. The predicted octanol–water partition coefficient (Wildman–Crippen LogP) is 6.36. The van der Waals surface area contributed by atoms with Gasteiger partial charge in [-0.05, 0) is 79.7 Å². The van der Waals surface area contributed by atoms with Gasteiger partial charge in [0.1, 0.15) is 0 Å². The number of carbonyl (C=O) groups is 2. The lowest BCUT2D eigenvalue weighted by Gasteiger charge is -2.33. The fourth-order valence-corrected chi connectivity index (χ4v) is 5.06. The van der Waals surface area contributed by atoms with E-state index in [0.29, 0.717) is 11.1 Å². The number of benzene rings is 2. The highest BCUT2D eigenvalue weighted by atomic mass is 32.2. The van der Waals surface area contributed by atoms with Crippen LogP contribution in [0.15, 0.2) is 58.3 Å². The molecule has 0 bridgehead atoms. The second-order valence-corrected chi connectivity index (χ2v) is 9.98. The van der Waals surface area contributed by atoms with Gasteiger partial charge in [0, 0.05) is 34.0 Å². The van der Waals surface area contributed by atoms with Crippen molar-refractivity contribution >= 4 is 23.6 Å². The fraction of sp³-hybridized carbons (Fsp3) is 0.462. The minimum atomic E-state index is -0.0428. The van der Waals surface area contributed by atoms with Gasteiger partial charge in [0.2, 0.25) is 0 Å². The van der Waals surface area contributed by atoms with Crippen molar-refractivity contribution in [1.29, 1.82) is 0 Å². The van der Waals surface area contributed by atoms with E-state index < -0.39 is 0 Å². The molecule has 168 valence electrons. The molecular weight excluding hydrogens is 404 g/mol. The first-order chi connectivity index (χ1) is 14.6. The SMILES string of the molecule is CC(C)N(C(=O)c1cccc(C(=O)N(C(C)C)C(C)C)c1Sc1ccccc1)C(C)C. The summed E-state index contributed by atoms with van der Waals surface area (Å²) in [5, 5.41) is 0. The zero-order chi connectivity index (χ0) is 23.3. The number of hydrogen-bond donors (Lipinski definition) is 0. The first-order valence-electron chi connectivity index (χ1n) is 11.1. The molecule has 0 aliphatic carbocycles. The van der Waals surface area contributed by atoms with Crippen LogP contribution in [0.2, 0.25) is 0 Å². The quantitative estimate of drug-likeness (QED) is 0.480. The molecule has 0 heterocycles. The molecule has 5 heteroatoms. The fourth-order valence-electron chi connectivity index (χ4n) is 4.00. The van der Waals surface area contributed by atoms with Crippen molar-refractivity contribution in [2.24, 2.45) is 0 Å². The maximum atomic E-state index is 13.6. The number of nitrogens with zero attached hydrogens (tertiary/aromatic N) is 2. The lowest BCUT2D eigenvalue weighted by molar-refractivity contribution is 0.0636. The van der Waals surface area contributed by atoms with E-state index in [1.165, 1.54) is 11.8 Å². The molecule has 0 atom stereocenters. The van der Waals surface area contributed by atoms with Crippen LogP contribution in [-0.2, 0) is 0 Å². The standard InChI is InChI=1S/C26H36N2O2S/c1-17(2)27(18(3)4)25(29)22-15-12-16-23(26(30)28(19(5)6)20(7)8)24(22)31-21-13-10-9-11-14-21/h9-20H,1-8H3. The summed E-state index contributed by atoms with van der Waals surface area (Å²) in [7, 11) is 0. The van der Waals surface area contributed by atoms with Crippen LogP contribution in [0, 0.1) is 0 Å². The average Bonchev–Trinajstić information content (AvgIpc) is 2.67. The van der Waals surface area contributed by atoms with Crippen LogP contribution in [0.4, 0.5) is 0 Å². The van der Waals surface area contributed by atoms with Crippen LogP contribution in [-0.4, -0.2) is 45.8 Å². The first-order valence-corrected chi connectivity index (χ1v) is 11.9. The Morgan fingerprint density at radius 1 is 0.613 bits per heavy atom. The summed E-state index contributed by atoms with van der Waals surface area (Å²) in [5.41, 5.74) is 1.16. The van der Waals surface area contributed by atoms with Crippen LogP contribution < -0.4 is 0 Å². The molecule has 2 amide bonds. The number of carbonyl (C=O) groups excluding carboxylic acids is 2. The summed E-state index contributed by atoms with van der Waals surface area (Å²) >= 11 is 1.48. The molecule has 0 unspecified atom stereocenters. The van der Waals surface area contributed by atoms with E-state index in [2.05, 4.69) is 0 Å². The minimum Gasteiger partial charge on any atom is -0.334 e. The monoisotopic (exact) mass is 440 g/mol. The van der Waals surface area contributed by atoms with Crippen molar-refractivity contribution in [3.63, 3.8) is 0 Å². The Hall–Kier alpha value is -2.27. The molecule has 0 N–H and O–H groups in total. The van der Waals surface area contributed by atoms with Crippen molar-refractivity contribution in [2.75, 3.05) is 0 Å². The predicted molar refractivity (Wildman–Crippen MR) is 130 cm³/mol. The second kappa shape index (κ2) is 10.9. The Kier molecular flexibility index (Phi) is 8.75. The van der Waals surface area contributed by atoms with E-state index in [0.717, 1.165) is 9.79 Å². The van der Waals surface area contributed by atoms with E-state index in [1.807, 2.05) is 114 Å². The van der Waals surface area contributed by atoms with Crippen molar-refractivity contribution in [3.8, 4) is 0 Å². The van der Waals surface area contributed by atoms with Gasteiger partial charge < -0.3 is 9.80 Å². The third kappa shape index (κ3) is 5.91. The molecule has 31 heavy (non-hydrogen) atoms. The topological polar surface area (TPSA) is 40.6 Å². The molecule has 2 rings (SSSR count). The summed E-state index contributed by atoms with van der Waals surface area (Å²) in [5.74, 6) is -0.0857. The second-order valence-electron chi connectivity index (χ2n) is 8.90. The smallest absolute Gasteiger partial charge is 0.255 e. The first kappa shape index (κ1) is 25.0. The van der Waals surface area contributed by atoms with Gasteiger partial charge in [-0.2, -0.15) is 0 Å². The molecular formula is C26H36N2O2S. The molecule has 2 aromatic carbocycles. The molecule has 0 fully saturated rings. The van der Waals surface area contributed by atoms with Crippen molar-refractivity contribution in [3.05, 3.63) is 59.7 Å². The summed E-state index contributed by atoms with van der Waals surface area (Å²) in [6, 6.07) is 15.7. The van der Waals surface area contributed by atoms with Gasteiger partial charge in [-0.3, -0.25) is 9.59 Å². The zero-order valence-electron chi connectivity index (χ0n) is 20.0. The van der Waals surface area contributed by atoms with E-state index in [4.69, 9.17) is 0 Å². The summed E-state index contributed by atoms with van der Waals surface area (Å²) < 4.78 is 0. The molecule has 0 saturated carbocycles. The van der Waals surface area contributed by atoms with Crippen LogP contribution >= 0.6 is 11.8 Å². The van der Waals surface area contributed by atoms with Crippen molar-refractivity contribution < 1.29 is 9.59 Å². The Morgan fingerprint density at radius 2 is 1.00 bits per heavy atom. The van der Waals surface area contributed by atoms with Crippen LogP contribution in [0.1, 0.15) is 76.1 Å². The molecule has 0 saturated heterocycles. The maximum Gasteiger partial charge on any atom is 0.255 e. The van der Waals surface area contributed by atoms with Crippen LogP contribution in [0.5, 0.6) is 0 Å². The normalized spacial score (nSPS) is 11.5. The van der Waals surface area contributed by atoms with Crippen molar-refractivity contribution in [1.82, 2.24) is 9.80 Å². The van der Waals surface area contributed by atoms with Gasteiger partial charge in [0.25, 0.3) is 11.8 Å². The van der Waals surface area contributed by atoms with Gasteiger partial charge in [0.05, 0.1) is 11.1 Å². The maximum absolute atomic E-state index is 13.6. The van der Waals surface area contributed by atoms with Crippen LogP contribution in [0.25, 0.3) is 0 Å². The Bertz CT molecular complexity index is 825. The van der Waals surface area contributed by atoms with Crippen molar-refractivity contribution in [2.45, 2.75) is 89.3 Å². The summed E-state index contributed by atoms with van der Waals surface area (Å²) in [6.45, 7) is 16.2. The van der Waals surface area contributed by atoms with Crippen LogP contribution in [0.3, 0.4) is 0 Å². The number of amides is 2. The van der Waals surface area contributed by atoms with E-state index in [1.54, 1.807) is 0 Å². The largest absolute Gasteiger partial charge is 0.334 e. The van der Waals surface area contributed by atoms with Gasteiger partial charge in [-0.1, -0.05) is 36.0 Å². The highest BCUT2D eigenvalue weighted by Gasteiger charge is 2.29. The number of rotatable bonds is 8. The van der Waals surface area contributed by atoms with E-state index in [-0.39, 0.29) is 36.0 Å². The number of hydrogen-bond acceptors (Lipinski definition) is 3. The third-order valence-corrected chi connectivity index (χ3v) is 6.29. The van der Waals surface area contributed by atoms with E-state index >= 15 is 0 Å². The van der Waals surface area contributed by atoms with E-state index in [9.17, 15) is 9.59 Å². The summed E-state index contributed by atoms with van der Waals surface area (Å²) in [4.78, 5) is 32.8. The molecule has 0 aliphatic rings. The van der Waals surface area contributed by atoms with Gasteiger partial charge in [-0.25, -0.2) is 0 Å². The molecule has 0 aliphatic heterocycles. The molecule has 4 nitrogen and oxygen atoms in total. The third-order valence-electron chi connectivity index (χ3n) is 5.13. The zero-order valence-corrected chi connectivity index (χ0v) is 20.9. The molecule has 2 aromatic rings. The summed E-state index contributed by atoms with van der Waals surface area (Å²) in [6.07, 6.45) is 0. The molecule has 0 spiro atoms. The lowest BCUT2D eigenvalue weighted by Crippen LogP contribution is -2.43. The highest BCUT2D eigenvalue weighted by molar-refractivity contribution is 7.99. The average molecular weight is 441 g/mol. The highest BCUT2D eigenvalue weighted by Crippen LogP contribution is 2.35. The Morgan fingerprint density at radius 3 is 1.35 bits per heavy atom. The Balaban J connectivity index is 2.67. The van der Waals surface area contributed by atoms with Gasteiger partial charge in [-0.15, -0.1) is 0 Å². The minimum absolute atomic E-state index is 0.0428. The van der Waals surface area contributed by atoms with Gasteiger partial charge >= 0.3 is 0 Å². The Labute approximate surface area is 192 Å². The van der Waals surface area contributed by atoms with Gasteiger partial charge in [0.15, 0.2) is 0 Å². The molecule has 0 radical (unpaired) electrons. The molecule has 0 aromatic heterocycles.